The van der Waals surface area contributed by atoms with Gasteiger partial charge in [0.1, 0.15) is 5.82 Å². The van der Waals surface area contributed by atoms with Crippen molar-refractivity contribution in [1.82, 2.24) is 15.6 Å². The Labute approximate surface area is 186 Å². The third kappa shape index (κ3) is 5.38. The lowest BCUT2D eigenvalue weighted by atomic mass is 9.88. The Morgan fingerprint density at radius 1 is 1.23 bits per heavy atom. The number of piperidine rings is 1. The molecule has 1 amide bonds. The first-order chi connectivity index (χ1) is 15.0. The van der Waals surface area contributed by atoms with Crippen molar-refractivity contribution in [3.05, 3.63) is 22.9 Å². The highest BCUT2D eigenvalue weighted by molar-refractivity contribution is 5.99. The van der Waals surface area contributed by atoms with Gasteiger partial charge in [0.25, 0.3) is 5.91 Å². The maximum Gasteiger partial charge on any atom is 0.256 e. The van der Waals surface area contributed by atoms with Crippen LogP contribution < -0.4 is 21.3 Å². The highest BCUT2D eigenvalue weighted by Gasteiger charge is 2.33. The van der Waals surface area contributed by atoms with Crippen molar-refractivity contribution in [2.24, 2.45) is 11.7 Å². The summed E-state index contributed by atoms with van der Waals surface area (Å²) in [4.78, 5) is 20.2. The van der Waals surface area contributed by atoms with Crippen molar-refractivity contribution >= 4 is 11.7 Å². The van der Waals surface area contributed by atoms with Gasteiger partial charge in [-0.15, -0.1) is 0 Å². The second-order valence-electron chi connectivity index (χ2n) is 9.72. The van der Waals surface area contributed by atoms with Crippen LogP contribution in [0.2, 0.25) is 0 Å². The smallest absolute Gasteiger partial charge is 0.256 e. The number of aliphatic hydroxyl groups is 1. The van der Waals surface area contributed by atoms with Gasteiger partial charge < -0.3 is 26.4 Å². The molecule has 1 saturated heterocycles. The second kappa shape index (κ2) is 10.3. The van der Waals surface area contributed by atoms with Gasteiger partial charge in [-0.1, -0.05) is 19.3 Å². The molecule has 3 unspecified atom stereocenters. The fraction of sp³-hybridized carbons (Fsp3) is 0.750. The van der Waals surface area contributed by atoms with Gasteiger partial charge in [-0.05, 0) is 63.5 Å². The molecular weight excluding hydrogens is 390 g/mol. The SMILES string of the molecule is CC(N)NC(=O)c1cc2c(nc1N1CCC(NC3CCCCC3)C(CO)C1)CCCC2. The summed E-state index contributed by atoms with van der Waals surface area (Å²) in [5.74, 6) is 0.736. The van der Waals surface area contributed by atoms with E-state index in [1.54, 1.807) is 6.92 Å². The second-order valence-corrected chi connectivity index (χ2v) is 9.72. The van der Waals surface area contributed by atoms with Gasteiger partial charge in [-0.2, -0.15) is 0 Å². The van der Waals surface area contributed by atoms with E-state index in [1.807, 2.05) is 6.07 Å². The van der Waals surface area contributed by atoms with Crippen LogP contribution in [0.1, 0.15) is 79.9 Å². The topological polar surface area (TPSA) is 104 Å². The summed E-state index contributed by atoms with van der Waals surface area (Å²) < 4.78 is 0. The van der Waals surface area contributed by atoms with Crippen LogP contribution in [0.15, 0.2) is 6.07 Å². The molecular formula is C24H39N5O2. The highest BCUT2D eigenvalue weighted by Crippen LogP contribution is 2.30. The van der Waals surface area contributed by atoms with Gasteiger partial charge in [-0.3, -0.25) is 4.79 Å². The van der Waals surface area contributed by atoms with Crippen LogP contribution in [0.3, 0.4) is 0 Å². The Hall–Kier alpha value is -1.70. The Morgan fingerprint density at radius 2 is 2.00 bits per heavy atom. The number of aromatic nitrogens is 1. The number of fused-ring (bicyclic) bond motifs is 1. The van der Waals surface area contributed by atoms with E-state index < -0.39 is 6.17 Å². The van der Waals surface area contributed by atoms with Crippen molar-refractivity contribution < 1.29 is 9.90 Å². The number of nitrogens with two attached hydrogens (primary N) is 1. The maximum atomic E-state index is 13.0. The van der Waals surface area contributed by atoms with E-state index in [4.69, 9.17) is 10.7 Å². The monoisotopic (exact) mass is 429 g/mol. The largest absolute Gasteiger partial charge is 0.396 e. The fourth-order valence-corrected chi connectivity index (χ4v) is 5.52. The zero-order valence-corrected chi connectivity index (χ0v) is 18.9. The zero-order chi connectivity index (χ0) is 21.8. The number of carbonyl (C=O) groups excluding carboxylic acids is 1. The molecule has 4 rings (SSSR count). The van der Waals surface area contributed by atoms with Gasteiger partial charge in [0, 0.05) is 43.4 Å². The molecule has 0 bridgehead atoms. The number of pyridine rings is 1. The number of aliphatic hydroxyl groups excluding tert-OH is 1. The average Bonchev–Trinajstić information content (AvgIpc) is 2.78. The van der Waals surface area contributed by atoms with Gasteiger partial charge in [-0.25, -0.2) is 4.98 Å². The molecule has 2 heterocycles. The number of nitrogens with one attached hydrogen (secondary N) is 2. The number of aryl methyl sites for hydroxylation is 2. The van der Waals surface area contributed by atoms with Crippen molar-refractivity contribution in [3.8, 4) is 0 Å². The fourth-order valence-electron chi connectivity index (χ4n) is 5.52. The number of amides is 1. The quantitative estimate of drug-likeness (QED) is 0.517. The summed E-state index contributed by atoms with van der Waals surface area (Å²) in [7, 11) is 0. The highest BCUT2D eigenvalue weighted by atomic mass is 16.3. The van der Waals surface area contributed by atoms with E-state index in [-0.39, 0.29) is 18.4 Å². The summed E-state index contributed by atoms with van der Waals surface area (Å²) in [5, 5.41) is 16.8. The molecule has 0 spiro atoms. The van der Waals surface area contributed by atoms with Gasteiger partial charge in [0.2, 0.25) is 0 Å². The molecule has 2 fully saturated rings. The van der Waals surface area contributed by atoms with Gasteiger partial charge in [0.05, 0.1) is 11.7 Å². The lowest BCUT2D eigenvalue weighted by molar-refractivity contribution is 0.0941. The normalized spacial score (nSPS) is 25.7. The van der Waals surface area contributed by atoms with Crippen LogP contribution in [-0.2, 0) is 12.8 Å². The van der Waals surface area contributed by atoms with Crippen LogP contribution in [0.5, 0.6) is 0 Å². The van der Waals surface area contributed by atoms with Crippen molar-refractivity contribution in [1.29, 1.82) is 0 Å². The number of nitrogens with zero attached hydrogens (tertiary/aromatic N) is 2. The first-order valence-corrected chi connectivity index (χ1v) is 12.3. The van der Waals surface area contributed by atoms with E-state index in [9.17, 15) is 9.90 Å². The van der Waals surface area contributed by atoms with Crippen LogP contribution in [0.25, 0.3) is 0 Å². The third-order valence-electron chi connectivity index (χ3n) is 7.21. The Balaban J connectivity index is 1.54. The summed E-state index contributed by atoms with van der Waals surface area (Å²) in [5.41, 5.74) is 8.78. The number of rotatable bonds is 6. The molecule has 1 aliphatic heterocycles. The van der Waals surface area contributed by atoms with E-state index >= 15 is 0 Å². The zero-order valence-electron chi connectivity index (χ0n) is 18.9. The van der Waals surface area contributed by atoms with E-state index in [2.05, 4.69) is 15.5 Å². The standard InChI is InChI=1S/C24H39N5O2/c1-16(25)26-24(31)20-13-17-7-5-6-10-21(17)28-23(20)29-12-11-22(18(14-29)15-30)27-19-8-3-2-4-9-19/h13,16,18-19,22,27,30H,2-12,14-15,25H2,1H3,(H,26,31). The predicted octanol–water partition coefficient (Wildman–Crippen LogP) is 2.10. The molecule has 5 N–H and O–H groups in total. The molecule has 1 aromatic heterocycles. The molecule has 2 aliphatic carbocycles. The molecule has 3 aliphatic rings. The summed E-state index contributed by atoms with van der Waals surface area (Å²) >= 11 is 0. The molecule has 7 nitrogen and oxygen atoms in total. The van der Waals surface area contributed by atoms with Crippen LogP contribution in [0, 0.1) is 5.92 Å². The van der Waals surface area contributed by atoms with Crippen molar-refractivity contribution in [3.63, 3.8) is 0 Å². The van der Waals surface area contributed by atoms with Crippen molar-refractivity contribution in [2.75, 3.05) is 24.6 Å². The minimum absolute atomic E-state index is 0.137. The number of hydrogen-bond donors (Lipinski definition) is 4. The van der Waals surface area contributed by atoms with Gasteiger partial charge >= 0.3 is 0 Å². The summed E-state index contributed by atoms with van der Waals surface area (Å²) in [6, 6.07) is 2.94. The molecule has 7 heteroatoms. The molecule has 0 radical (unpaired) electrons. The lowest BCUT2D eigenvalue weighted by Gasteiger charge is -2.41. The van der Waals surface area contributed by atoms with E-state index in [1.165, 1.54) is 37.7 Å². The summed E-state index contributed by atoms with van der Waals surface area (Å²) in [6.45, 7) is 3.47. The minimum Gasteiger partial charge on any atom is -0.396 e. The van der Waals surface area contributed by atoms with Gasteiger partial charge in [0.15, 0.2) is 0 Å². The number of anilines is 1. The van der Waals surface area contributed by atoms with Crippen LogP contribution in [-0.4, -0.2) is 53.9 Å². The Kier molecular flexibility index (Phi) is 7.46. The molecule has 0 aromatic carbocycles. The molecule has 1 saturated carbocycles. The first kappa shape index (κ1) is 22.5. The first-order valence-electron chi connectivity index (χ1n) is 12.3. The predicted molar refractivity (Wildman–Crippen MR) is 123 cm³/mol. The third-order valence-corrected chi connectivity index (χ3v) is 7.21. The molecule has 31 heavy (non-hydrogen) atoms. The molecule has 1 aromatic rings. The van der Waals surface area contributed by atoms with Crippen LogP contribution >= 0.6 is 0 Å². The maximum absolute atomic E-state index is 13.0. The van der Waals surface area contributed by atoms with Crippen LogP contribution in [0.4, 0.5) is 5.82 Å². The van der Waals surface area contributed by atoms with E-state index in [0.717, 1.165) is 50.2 Å². The number of hydrogen-bond acceptors (Lipinski definition) is 6. The summed E-state index contributed by atoms with van der Waals surface area (Å²) in [6.07, 6.45) is 11.2. The minimum atomic E-state index is -0.410. The molecule has 172 valence electrons. The molecule has 3 atom stereocenters. The lowest BCUT2D eigenvalue weighted by Crippen LogP contribution is -2.54. The Morgan fingerprint density at radius 3 is 2.74 bits per heavy atom. The number of carbonyl (C=O) groups is 1. The van der Waals surface area contributed by atoms with Crippen molar-refractivity contribution in [2.45, 2.75) is 89.4 Å². The average molecular weight is 430 g/mol. The Bertz CT molecular complexity index is 763. The van der Waals surface area contributed by atoms with E-state index in [0.29, 0.717) is 24.2 Å².